The van der Waals surface area contributed by atoms with E-state index in [1.165, 1.54) is 11.9 Å². The fraction of sp³-hybridized carbons (Fsp3) is 0.0909. The molecule has 0 aliphatic carbocycles. The maximum Gasteiger partial charge on any atom is 0.132 e. The molecule has 0 unspecified atom stereocenters. The van der Waals surface area contributed by atoms with E-state index in [2.05, 4.69) is 22.1 Å². The maximum absolute atomic E-state index is 5.76. The zero-order chi connectivity index (χ0) is 9.80. The average Bonchev–Trinajstić information content (AvgIpc) is 2.19. The molecule has 1 aromatic heterocycles. The van der Waals surface area contributed by atoms with Crippen LogP contribution in [0.25, 0.3) is 0 Å². The first-order chi connectivity index (χ1) is 6.84. The molecule has 1 aromatic carbocycles. The Hall–Kier alpha value is -1.41. The second-order valence-electron chi connectivity index (χ2n) is 2.99. The zero-order valence-electron chi connectivity index (χ0n) is 7.52. The van der Waals surface area contributed by atoms with E-state index in [1.54, 1.807) is 6.07 Å². The third-order valence-electron chi connectivity index (χ3n) is 1.92. The fourth-order valence-electron chi connectivity index (χ4n) is 1.27. The summed E-state index contributed by atoms with van der Waals surface area (Å²) in [5, 5.41) is 0.492. The van der Waals surface area contributed by atoms with E-state index in [0.717, 1.165) is 12.1 Å². The lowest BCUT2D eigenvalue weighted by molar-refractivity contribution is 1.03. The average molecular weight is 205 g/mol. The van der Waals surface area contributed by atoms with Gasteiger partial charge < -0.3 is 0 Å². The topological polar surface area (TPSA) is 25.8 Å². The summed E-state index contributed by atoms with van der Waals surface area (Å²) in [4.78, 5) is 7.98. The van der Waals surface area contributed by atoms with E-state index in [1.807, 2.05) is 18.2 Å². The van der Waals surface area contributed by atoms with Gasteiger partial charge in [-0.1, -0.05) is 41.9 Å². The summed E-state index contributed by atoms with van der Waals surface area (Å²) >= 11 is 5.76. The number of hydrogen-bond donors (Lipinski definition) is 0. The van der Waals surface area contributed by atoms with Gasteiger partial charge in [0, 0.05) is 12.1 Å². The lowest BCUT2D eigenvalue weighted by atomic mass is 10.1. The van der Waals surface area contributed by atoms with E-state index < -0.39 is 0 Å². The van der Waals surface area contributed by atoms with Crippen molar-refractivity contribution in [1.82, 2.24) is 9.97 Å². The van der Waals surface area contributed by atoms with Crippen LogP contribution >= 0.6 is 11.6 Å². The van der Waals surface area contributed by atoms with E-state index in [9.17, 15) is 0 Å². The Labute approximate surface area is 87.6 Å². The number of halogens is 1. The van der Waals surface area contributed by atoms with Crippen LogP contribution in [0.2, 0.25) is 5.15 Å². The smallest absolute Gasteiger partial charge is 0.132 e. The van der Waals surface area contributed by atoms with Crippen molar-refractivity contribution >= 4 is 11.6 Å². The van der Waals surface area contributed by atoms with E-state index in [4.69, 9.17) is 11.6 Å². The Morgan fingerprint density at radius 3 is 2.57 bits per heavy atom. The Kier molecular flexibility index (Phi) is 2.75. The Morgan fingerprint density at radius 2 is 1.86 bits per heavy atom. The molecular formula is C11H9ClN2. The summed E-state index contributed by atoms with van der Waals surface area (Å²) in [6, 6.07) is 11.9. The molecule has 0 amide bonds. The molecule has 1 heterocycles. The molecule has 2 aromatic rings. The van der Waals surface area contributed by atoms with Crippen LogP contribution in [-0.2, 0) is 6.42 Å². The SMILES string of the molecule is Clc1cc(Cc2ccccc2)ncn1. The monoisotopic (exact) mass is 204 g/mol. The summed E-state index contributed by atoms with van der Waals surface area (Å²) in [6.07, 6.45) is 2.28. The Bertz CT molecular complexity index is 415. The molecule has 70 valence electrons. The number of rotatable bonds is 2. The summed E-state index contributed by atoms with van der Waals surface area (Å²) in [7, 11) is 0. The van der Waals surface area contributed by atoms with E-state index in [-0.39, 0.29) is 0 Å². The molecule has 0 radical (unpaired) electrons. The lowest BCUT2D eigenvalue weighted by Gasteiger charge is -2.00. The third kappa shape index (κ3) is 2.30. The summed E-state index contributed by atoms with van der Waals surface area (Å²) in [6.45, 7) is 0. The van der Waals surface area contributed by atoms with Crippen LogP contribution in [0.5, 0.6) is 0 Å². The Morgan fingerprint density at radius 1 is 1.07 bits per heavy atom. The van der Waals surface area contributed by atoms with E-state index in [0.29, 0.717) is 5.15 Å². The molecule has 2 nitrogen and oxygen atoms in total. The summed E-state index contributed by atoms with van der Waals surface area (Å²) in [5.74, 6) is 0. The molecule has 14 heavy (non-hydrogen) atoms. The van der Waals surface area contributed by atoms with Crippen molar-refractivity contribution in [3.05, 3.63) is 59.1 Å². The second-order valence-corrected chi connectivity index (χ2v) is 3.38. The van der Waals surface area contributed by atoms with Crippen LogP contribution in [0.15, 0.2) is 42.7 Å². The number of hydrogen-bond acceptors (Lipinski definition) is 2. The van der Waals surface area contributed by atoms with Crippen molar-refractivity contribution in [1.29, 1.82) is 0 Å². The van der Waals surface area contributed by atoms with Gasteiger partial charge in [0.05, 0.1) is 0 Å². The van der Waals surface area contributed by atoms with Crippen molar-refractivity contribution in [3.8, 4) is 0 Å². The fourth-order valence-corrected chi connectivity index (χ4v) is 1.44. The van der Waals surface area contributed by atoms with Crippen molar-refractivity contribution in [3.63, 3.8) is 0 Å². The lowest BCUT2D eigenvalue weighted by Crippen LogP contribution is -1.92. The van der Waals surface area contributed by atoms with Crippen molar-refractivity contribution in [2.45, 2.75) is 6.42 Å². The maximum atomic E-state index is 5.76. The van der Waals surface area contributed by atoms with Gasteiger partial charge in [-0.2, -0.15) is 0 Å². The summed E-state index contributed by atoms with van der Waals surface area (Å²) in [5.41, 5.74) is 2.17. The van der Waals surface area contributed by atoms with Gasteiger partial charge in [-0.25, -0.2) is 9.97 Å². The minimum Gasteiger partial charge on any atom is -0.241 e. The van der Waals surface area contributed by atoms with Gasteiger partial charge in [-0.15, -0.1) is 0 Å². The molecule has 0 spiro atoms. The standard InChI is InChI=1S/C11H9ClN2/c12-11-7-10(13-8-14-11)6-9-4-2-1-3-5-9/h1-5,7-8H,6H2. The van der Waals surface area contributed by atoms with Crippen molar-refractivity contribution in [2.75, 3.05) is 0 Å². The summed E-state index contributed by atoms with van der Waals surface area (Å²) < 4.78 is 0. The van der Waals surface area contributed by atoms with Gasteiger partial charge in [0.15, 0.2) is 0 Å². The minimum absolute atomic E-state index is 0.492. The zero-order valence-corrected chi connectivity index (χ0v) is 8.28. The highest BCUT2D eigenvalue weighted by Gasteiger charge is 1.97. The van der Waals surface area contributed by atoms with Crippen LogP contribution in [0.4, 0.5) is 0 Å². The molecule has 0 aliphatic rings. The number of benzene rings is 1. The molecule has 0 atom stereocenters. The minimum atomic E-state index is 0.492. The Balaban J connectivity index is 2.19. The quantitative estimate of drug-likeness (QED) is 0.703. The van der Waals surface area contributed by atoms with Crippen molar-refractivity contribution < 1.29 is 0 Å². The van der Waals surface area contributed by atoms with Crippen LogP contribution in [0.1, 0.15) is 11.3 Å². The molecule has 0 saturated heterocycles. The van der Waals surface area contributed by atoms with Gasteiger partial charge in [-0.3, -0.25) is 0 Å². The van der Waals surface area contributed by atoms with E-state index >= 15 is 0 Å². The van der Waals surface area contributed by atoms with Crippen LogP contribution in [-0.4, -0.2) is 9.97 Å². The third-order valence-corrected chi connectivity index (χ3v) is 2.13. The molecule has 0 fully saturated rings. The normalized spacial score (nSPS) is 10.1. The number of aromatic nitrogens is 2. The molecule has 3 heteroatoms. The first-order valence-corrected chi connectivity index (χ1v) is 4.73. The van der Waals surface area contributed by atoms with Gasteiger partial charge in [0.2, 0.25) is 0 Å². The first-order valence-electron chi connectivity index (χ1n) is 4.35. The van der Waals surface area contributed by atoms with Gasteiger partial charge in [-0.05, 0) is 11.6 Å². The molecule has 2 rings (SSSR count). The predicted octanol–water partition coefficient (Wildman–Crippen LogP) is 2.72. The van der Waals surface area contributed by atoms with Crippen LogP contribution in [0.3, 0.4) is 0 Å². The second kappa shape index (κ2) is 4.20. The molecule has 0 bridgehead atoms. The highest BCUT2D eigenvalue weighted by Crippen LogP contribution is 2.09. The van der Waals surface area contributed by atoms with Crippen molar-refractivity contribution in [2.24, 2.45) is 0 Å². The van der Waals surface area contributed by atoms with Gasteiger partial charge in [0.25, 0.3) is 0 Å². The number of nitrogens with zero attached hydrogens (tertiary/aromatic N) is 2. The predicted molar refractivity (Wildman–Crippen MR) is 56.3 cm³/mol. The highest BCUT2D eigenvalue weighted by atomic mass is 35.5. The van der Waals surface area contributed by atoms with Crippen LogP contribution in [0, 0.1) is 0 Å². The first kappa shape index (κ1) is 9.16. The van der Waals surface area contributed by atoms with Gasteiger partial charge in [0.1, 0.15) is 11.5 Å². The van der Waals surface area contributed by atoms with Gasteiger partial charge >= 0.3 is 0 Å². The highest BCUT2D eigenvalue weighted by molar-refractivity contribution is 6.29. The largest absolute Gasteiger partial charge is 0.241 e. The molecule has 0 aliphatic heterocycles. The molecule has 0 saturated carbocycles. The molecule has 0 N–H and O–H groups in total. The van der Waals surface area contributed by atoms with Crippen LogP contribution < -0.4 is 0 Å². The molecular weight excluding hydrogens is 196 g/mol.